The normalized spacial score (nSPS) is 14.7. The SMILES string of the molecule is CC1(C)CC(=O)c2sc(NC(=O)c3ccc4c(=O)n(-c5ccccc5F)c(=S)[nH]c4c3)nc2C1. The number of fused-ring (bicyclic) bond motifs is 2. The van der Waals surface area contributed by atoms with Gasteiger partial charge in [0.05, 0.1) is 27.2 Å². The van der Waals surface area contributed by atoms with Crippen molar-refractivity contribution in [2.45, 2.75) is 26.7 Å². The monoisotopic (exact) mass is 494 g/mol. The van der Waals surface area contributed by atoms with Gasteiger partial charge in [0.1, 0.15) is 5.82 Å². The number of hydrogen-bond donors (Lipinski definition) is 2. The molecule has 0 aliphatic heterocycles. The number of hydrogen-bond acceptors (Lipinski definition) is 6. The molecule has 172 valence electrons. The van der Waals surface area contributed by atoms with Crippen LogP contribution in [0.25, 0.3) is 16.6 Å². The number of rotatable bonds is 3. The number of aromatic amines is 1. The molecule has 7 nitrogen and oxygen atoms in total. The van der Waals surface area contributed by atoms with Gasteiger partial charge in [0.25, 0.3) is 11.5 Å². The standard InChI is InChI=1S/C24H19FN4O3S2/c1-24(2)10-16-19(18(30)11-24)34-22(26-16)28-20(31)12-7-8-13-15(9-12)27-23(33)29(21(13)32)17-6-4-3-5-14(17)25/h3-9H,10-11H2,1-2H3,(H,27,33)(H,26,28,31). The van der Waals surface area contributed by atoms with Crippen LogP contribution < -0.4 is 10.9 Å². The van der Waals surface area contributed by atoms with Crippen molar-refractivity contribution in [3.63, 3.8) is 0 Å². The first-order valence-corrected chi connectivity index (χ1v) is 11.7. The van der Waals surface area contributed by atoms with E-state index in [1.165, 1.54) is 47.7 Å². The smallest absolute Gasteiger partial charge is 0.266 e. The molecule has 1 amide bonds. The van der Waals surface area contributed by atoms with Crippen molar-refractivity contribution in [3.05, 3.63) is 79.5 Å². The molecule has 0 saturated heterocycles. The zero-order valence-corrected chi connectivity index (χ0v) is 19.9. The number of amides is 1. The minimum Gasteiger partial charge on any atom is -0.331 e. The van der Waals surface area contributed by atoms with Crippen LogP contribution in [0.1, 0.15) is 46.0 Å². The summed E-state index contributed by atoms with van der Waals surface area (Å²) in [6, 6.07) is 10.4. The van der Waals surface area contributed by atoms with Crippen molar-refractivity contribution in [1.82, 2.24) is 14.5 Å². The van der Waals surface area contributed by atoms with Crippen LogP contribution in [0.3, 0.4) is 0 Å². The van der Waals surface area contributed by atoms with E-state index < -0.39 is 17.3 Å². The van der Waals surface area contributed by atoms with Gasteiger partial charge in [-0.25, -0.2) is 13.9 Å². The van der Waals surface area contributed by atoms with E-state index in [9.17, 15) is 18.8 Å². The van der Waals surface area contributed by atoms with Crippen molar-refractivity contribution >= 4 is 51.3 Å². The highest BCUT2D eigenvalue weighted by molar-refractivity contribution is 7.71. The van der Waals surface area contributed by atoms with E-state index in [1.54, 1.807) is 6.07 Å². The van der Waals surface area contributed by atoms with Crippen molar-refractivity contribution in [2.75, 3.05) is 5.32 Å². The lowest BCUT2D eigenvalue weighted by Gasteiger charge is -2.26. The fraction of sp³-hybridized carbons (Fsp3) is 0.208. The van der Waals surface area contributed by atoms with Crippen LogP contribution in [0.2, 0.25) is 0 Å². The molecule has 0 atom stereocenters. The molecule has 1 aliphatic carbocycles. The van der Waals surface area contributed by atoms with Crippen LogP contribution in [0, 0.1) is 16.0 Å². The number of Topliss-reactive ketones (excluding diaryl/α,β-unsaturated/α-hetero) is 1. The molecule has 2 aromatic heterocycles. The third kappa shape index (κ3) is 3.88. The van der Waals surface area contributed by atoms with Crippen LogP contribution >= 0.6 is 23.6 Å². The van der Waals surface area contributed by atoms with Crippen molar-refractivity contribution in [3.8, 4) is 5.69 Å². The molecular formula is C24H19FN4O3S2. The van der Waals surface area contributed by atoms with E-state index in [0.29, 0.717) is 34.1 Å². The predicted octanol–water partition coefficient (Wildman–Crippen LogP) is 5.05. The van der Waals surface area contributed by atoms with Crippen LogP contribution in [0.5, 0.6) is 0 Å². The summed E-state index contributed by atoms with van der Waals surface area (Å²) in [5.74, 6) is -0.974. The fourth-order valence-corrected chi connectivity index (χ4v) is 5.36. The second-order valence-electron chi connectivity index (χ2n) is 8.97. The van der Waals surface area contributed by atoms with Gasteiger partial charge in [-0.1, -0.05) is 37.3 Å². The van der Waals surface area contributed by atoms with E-state index in [0.717, 1.165) is 4.57 Å². The second-order valence-corrected chi connectivity index (χ2v) is 10.4. The molecule has 0 unspecified atom stereocenters. The van der Waals surface area contributed by atoms with Gasteiger partial charge >= 0.3 is 0 Å². The molecule has 2 heterocycles. The molecule has 1 aliphatic rings. The van der Waals surface area contributed by atoms with Crippen LogP contribution in [0.15, 0.2) is 47.3 Å². The molecule has 34 heavy (non-hydrogen) atoms. The van der Waals surface area contributed by atoms with Gasteiger partial charge in [-0.3, -0.25) is 19.7 Å². The molecule has 2 aromatic carbocycles. The molecule has 0 saturated carbocycles. The van der Waals surface area contributed by atoms with Gasteiger partial charge in [-0.2, -0.15) is 0 Å². The summed E-state index contributed by atoms with van der Waals surface area (Å²) in [4.78, 5) is 46.3. The van der Waals surface area contributed by atoms with Gasteiger partial charge in [-0.05, 0) is 54.4 Å². The van der Waals surface area contributed by atoms with Gasteiger partial charge in [0.15, 0.2) is 15.7 Å². The van der Waals surface area contributed by atoms with Crippen molar-refractivity contribution < 1.29 is 14.0 Å². The number of halogens is 1. The number of thiazole rings is 1. The lowest BCUT2D eigenvalue weighted by Crippen LogP contribution is -2.26. The van der Waals surface area contributed by atoms with Crippen molar-refractivity contribution in [1.29, 1.82) is 0 Å². The Hall–Kier alpha value is -3.50. The quantitative estimate of drug-likeness (QED) is 0.389. The summed E-state index contributed by atoms with van der Waals surface area (Å²) < 4.78 is 15.4. The number of carbonyl (C=O) groups is 2. The van der Waals surface area contributed by atoms with Gasteiger partial charge in [0, 0.05) is 12.0 Å². The highest BCUT2D eigenvalue weighted by Gasteiger charge is 2.34. The number of H-pyrrole nitrogens is 1. The summed E-state index contributed by atoms with van der Waals surface area (Å²) in [7, 11) is 0. The van der Waals surface area contributed by atoms with Crippen molar-refractivity contribution in [2.24, 2.45) is 5.41 Å². The Morgan fingerprint density at radius 3 is 2.74 bits per heavy atom. The maximum Gasteiger partial charge on any atom is 0.266 e. The number of benzene rings is 2. The molecule has 0 spiro atoms. The first-order valence-electron chi connectivity index (χ1n) is 10.5. The number of para-hydroxylation sites is 1. The third-order valence-electron chi connectivity index (χ3n) is 5.71. The summed E-state index contributed by atoms with van der Waals surface area (Å²) in [5.41, 5.74) is 0.724. The average molecular weight is 495 g/mol. The largest absolute Gasteiger partial charge is 0.331 e. The lowest BCUT2D eigenvalue weighted by molar-refractivity contribution is 0.0915. The van der Waals surface area contributed by atoms with E-state index >= 15 is 0 Å². The zero-order valence-electron chi connectivity index (χ0n) is 18.3. The Labute approximate surface area is 202 Å². The van der Waals surface area contributed by atoms with E-state index in [-0.39, 0.29) is 32.6 Å². The Morgan fingerprint density at radius 2 is 1.97 bits per heavy atom. The highest BCUT2D eigenvalue weighted by atomic mass is 32.1. The number of carbonyl (C=O) groups excluding carboxylic acids is 2. The maximum atomic E-state index is 14.3. The van der Waals surface area contributed by atoms with Gasteiger partial charge in [0.2, 0.25) is 0 Å². The zero-order chi connectivity index (χ0) is 24.2. The van der Waals surface area contributed by atoms with Gasteiger partial charge in [-0.15, -0.1) is 0 Å². The van der Waals surface area contributed by atoms with Crippen LogP contribution in [0.4, 0.5) is 9.52 Å². The summed E-state index contributed by atoms with van der Waals surface area (Å²) >= 11 is 6.47. The molecule has 2 N–H and O–H groups in total. The third-order valence-corrected chi connectivity index (χ3v) is 7.05. The Kier molecular flexibility index (Phi) is 5.29. The maximum absolute atomic E-state index is 14.3. The van der Waals surface area contributed by atoms with E-state index in [4.69, 9.17) is 12.2 Å². The molecule has 0 bridgehead atoms. The summed E-state index contributed by atoms with van der Waals surface area (Å²) in [6.07, 6.45) is 1.12. The van der Waals surface area contributed by atoms with Gasteiger partial charge < -0.3 is 4.98 Å². The topological polar surface area (TPSA) is 96.9 Å². The van der Waals surface area contributed by atoms with Crippen LogP contribution in [-0.2, 0) is 6.42 Å². The van der Waals surface area contributed by atoms with E-state index in [2.05, 4.69) is 15.3 Å². The lowest BCUT2D eigenvalue weighted by atomic mass is 9.78. The molecule has 5 rings (SSSR count). The Balaban J connectivity index is 1.48. The number of nitrogens with one attached hydrogen (secondary N) is 2. The Morgan fingerprint density at radius 1 is 1.21 bits per heavy atom. The summed E-state index contributed by atoms with van der Waals surface area (Å²) in [5, 5.41) is 3.35. The first kappa shape index (κ1) is 22.3. The van der Waals surface area contributed by atoms with Crippen LogP contribution in [-0.4, -0.2) is 26.2 Å². The highest BCUT2D eigenvalue weighted by Crippen LogP contribution is 2.38. The number of nitrogens with zero attached hydrogens (tertiary/aromatic N) is 2. The molecule has 0 radical (unpaired) electrons. The predicted molar refractivity (Wildman–Crippen MR) is 131 cm³/mol. The number of aromatic nitrogens is 3. The molecule has 10 heteroatoms. The number of ketones is 1. The minimum atomic E-state index is -0.576. The fourth-order valence-electron chi connectivity index (χ4n) is 4.15. The molecule has 4 aromatic rings. The first-order chi connectivity index (χ1) is 16.1. The minimum absolute atomic E-state index is 0.00823. The summed E-state index contributed by atoms with van der Waals surface area (Å²) in [6.45, 7) is 4.04. The van der Waals surface area contributed by atoms with E-state index in [1.807, 2.05) is 13.8 Å². The Bertz CT molecular complexity index is 1620. The molecule has 0 fully saturated rings. The average Bonchev–Trinajstić information content (AvgIpc) is 3.16. The molecular weight excluding hydrogens is 475 g/mol. The second kappa shape index (κ2) is 8.07. The number of anilines is 1.